The molecular weight excluding hydrogens is 522 g/mol. The molecule has 0 aliphatic rings. The zero-order chi connectivity index (χ0) is 29.1. The Kier molecular flexibility index (Phi) is 7.78. The summed E-state index contributed by atoms with van der Waals surface area (Å²) in [5, 5.41) is 14.4. The SMILES string of the molecule is COc1ccc(Cn2ncc3c(-c4cc(OC)c(Cc5ccc(CC(=O)O)cc5)c(OC)c4)cn(C)c(=O)c32)cc1. The zero-order valence-electron chi connectivity index (χ0n) is 23.4. The minimum Gasteiger partial charge on any atom is -0.497 e. The van der Waals surface area contributed by atoms with E-state index >= 15 is 0 Å². The van der Waals surface area contributed by atoms with Gasteiger partial charge in [0.25, 0.3) is 5.56 Å². The Bertz CT molecular complexity index is 1740. The number of benzene rings is 3. The third-order valence-corrected chi connectivity index (χ3v) is 7.14. The van der Waals surface area contributed by atoms with Crippen LogP contribution in [0.25, 0.3) is 22.0 Å². The minimum atomic E-state index is -0.865. The molecule has 41 heavy (non-hydrogen) atoms. The highest BCUT2D eigenvalue weighted by Gasteiger charge is 2.19. The number of carboxylic acid groups (broad SMARTS) is 1. The maximum absolute atomic E-state index is 13.3. The van der Waals surface area contributed by atoms with Gasteiger partial charge in [0, 0.05) is 36.2 Å². The Hall–Kier alpha value is -5.05. The van der Waals surface area contributed by atoms with Crippen LogP contribution in [-0.4, -0.2) is 46.8 Å². The molecule has 0 aliphatic heterocycles. The van der Waals surface area contributed by atoms with Gasteiger partial charge < -0.3 is 23.9 Å². The number of nitrogens with zero attached hydrogens (tertiary/aromatic N) is 3. The standard InChI is InChI=1S/C32H31N3O6/c1-34-19-27(26-17-33-35(31(26)32(34)38)18-22-9-11-24(39-2)12-10-22)23-15-28(40-3)25(29(16-23)41-4)13-20-5-7-21(8-6-20)14-30(36)37/h5-12,15-17,19H,13-14,18H2,1-4H3,(H,36,37). The number of hydrogen-bond donors (Lipinski definition) is 1. The molecule has 5 aromatic rings. The molecule has 2 heterocycles. The first-order valence-electron chi connectivity index (χ1n) is 13.0. The molecule has 3 aromatic carbocycles. The maximum Gasteiger partial charge on any atom is 0.307 e. The second-order valence-corrected chi connectivity index (χ2v) is 9.79. The van der Waals surface area contributed by atoms with Crippen molar-refractivity contribution in [1.29, 1.82) is 0 Å². The van der Waals surface area contributed by atoms with Gasteiger partial charge in [0.2, 0.25) is 0 Å². The lowest BCUT2D eigenvalue weighted by molar-refractivity contribution is -0.136. The summed E-state index contributed by atoms with van der Waals surface area (Å²) in [6.07, 6.45) is 4.04. The van der Waals surface area contributed by atoms with Crippen LogP contribution < -0.4 is 19.8 Å². The Morgan fingerprint density at radius 1 is 0.878 bits per heavy atom. The third-order valence-electron chi connectivity index (χ3n) is 7.14. The van der Waals surface area contributed by atoms with Crippen molar-refractivity contribution in [1.82, 2.24) is 14.3 Å². The average Bonchev–Trinajstić information content (AvgIpc) is 3.39. The second-order valence-electron chi connectivity index (χ2n) is 9.79. The average molecular weight is 554 g/mol. The van der Waals surface area contributed by atoms with E-state index in [1.165, 1.54) is 0 Å². The van der Waals surface area contributed by atoms with Gasteiger partial charge in [-0.1, -0.05) is 36.4 Å². The molecule has 2 aromatic heterocycles. The number of fused-ring (bicyclic) bond motifs is 1. The molecular formula is C32H31N3O6. The van der Waals surface area contributed by atoms with Crippen LogP contribution in [0.15, 0.2) is 77.9 Å². The van der Waals surface area contributed by atoms with Crippen molar-refractivity contribution in [3.8, 4) is 28.4 Å². The molecule has 0 aliphatic carbocycles. The molecule has 0 saturated heterocycles. The van der Waals surface area contributed by atoms with Gasteiger partial charge in [0.1, 0.15) is 22.8 Å². The summed E-state index contributed by atoms with van der Waals surface area (Å²) >= 11 is 0. The summed E-state index contributed by atoms with van der Waals surface area (Å²) in [5.74, 6) is 1.18. The fourth-order valence-electron chi connectivity index (χ4n) is 5.02. The highest BCUT2D eigenvalue weighted by molar-refractivity contribution is 5.94. The van der Waals surface area contributed by atoms with Crippen molar-refractivity contribution in [2.45, 2.75) is 19.4 Å². The number of aliphatic carboxylic acids is 1. The lowest BCUT2D eigenvalue weighted by Gasteiger charge is -2.17. The molecule has 1 N–H and O–H groups in total. The first-order valence-corrected chi connectivity index (χ1v) is 13.0. The number of ether oxygens (including phenoxy) is 3. The van der Waals surface area contributed by atoms with Crippen LogP contribution in [0.1, 0.15) is 22.3 Å². The van der Waals surface area contributed by atoms with E-state index in [2.05, 4.69) is 5.10 Å². The lowest BCUT2D eigenvalue weighted by atomic mass is 9.96. The first-order chi connectivity index (χ1) is 19.8. The molecule has 0 unspecified atom stereocenters. The molecule has 9 nitrogen and oxygen atoms in total. The number of carbonyl (C=O) groups is 1. The molecule has 0 atom stereocenters. The van der Waals surface area contributed by atoms with Crippen molar-refractivity contribution in [3.05, 3.63) is 106 Å². The summed E-state index contributed by atoms with van der Waals surface area (Å²) in [4.78, 5) is 24.3. The van der Waals surface area contributed by atoms with Crippen molar-refractivity contribution in [2.24, 2.45) is 7.05 Å². The number of methoxy groups -OCH3 is 3. The van der Waals surface area contributed by atoms with Crippen molar-refractivity contribution in [2.75, 3.05) is 21.3 Å². The number of rotatable bonds is 10. The summed E-state index contributed by atoms with van der Waals surface area (Å²) in [6, 6.07) is 19.0. The summed E-state index contributed by atoms with van der Waals surface area (Å²) in [5.41, 5.74) is 5.59. The Morgan fingerprint density at radius 2 is 1.49 bits per heavy atom. The number of carboxylic acids is 1. The predicted molar refractivity (Wildman–Crippen MR) is 156 cm³/mol. The van der Waals surface area contributed by atoms with E-state index in [1.54, 1.807) is 50.0 Å². The van der Waals surface area contributed by atoms with Crippen molar-refractivity contribution in [3.63, 3.8) is 0 Å². The predicted octanol–water partition coefficient (Wildman–Crippen LogP) is 4.69. The van der Waals surface area contributed by atoms with E-state index in [0.717, 1.165) is 44.5 Å². The van der Waals surface area contributed by atoms with E-state index in [-0.39, 0.29) is 12.0 Å². The van der Waals surface area contributed by atoms with Gasteiger partial charge in [-0.25, -0.2) is 0 Å². The highest BCUT2D eigenvalue weighted by atomic mass is 16.5. The smallest absolute Gasteiger partial charge is 0.307 e. The summed E-state index contributed by atoms with van der Waals surface area (Å²) in [6.45, 7) is 0.434. The molecule has 210 valence electrons. The molecule has 0 spiro atoms. The van der Waals surface area contributed by atoms with Gasteiger partial charge in [-0.2, -0.15) is 5.10 Å². The largest absolute Gasteiger partial charge is 0.497 e. The molecule has 0 radical (unpaired) electrons. The highest BCUT2D eigenvalue weighted by Crippen LogP contribution is 2.38. The van der Waals surface area contributed by atoms with Crippen molar-refractivity contribution >= 4 is 16.9 Å². The number of hydrogen-bond acceptors (Lipinski definition) is 6. The van der Waals surface area contributed by atoms with Gasteiger partial charge in [-0.05, 0) is 46.5 Å². The van der Waals surface area contributed by atoms with Crippen LogP contribution in [-0.2, 0) is 31.2 Å². The van der Waals surface area contributed by atoms with Gasteiger partial charge in [-0.3, -0.25) is 14.3 Å². The van der Waals surface area contributed by atoms with Crippen LogP contribution in [0, 0.1) is 0 Å². The van der Waals surface area contributed by atoms with Crippen LogP contribution in [0.4, 0.5) is 0 Å². The number of aryl methyl sites for hydroxylation is 1. The van der Waals surface area contributed by atoms with Gasteiger partial charge in [0.15, 0.2) is 0 Å². The molecule has 0 saturated carbocycles. The van der Waals surface area contributed by atoms with Crippen LogP contribution in [0.3, 0.4) is 0 Å². The fourth-order valence-corrected chi connectivity index (χ4v) is 5.02. The van der Waals surface area contributed by atoms with E-state index in [0.29, 0.717) is 30.0 Å². The van der Waals surface area contributed by atoms with Crippen molar-refractivity contribution < 1.29 is 24.1 Å². The summed E-state index contributed by atoms with van der Waals surface area (Å²) < 4.78 is 20.2. The monoisotopic (exact) mass is 553 g/mol. The van der Waals surface area contributed by atoms with Crippen LogP contribution in [0.5, 0.6) is 17.2 Å². The molecule has 0 bridgehead atoms. The molecule has 9 heteroatoms. The molecule has 0 fully saturated rings. The quantitative estimate of drug-likeness (QED) is 0.267. The second kappa shape index (κ2) is 11.6. The lowest BCUT2D eigenvalue weighted by Crippen LogP contribution is -2.20. The fraction of sp³-hybridized carbons (Fsp3) is 0.219. The van der Waals surface area contributed by atoms with Gasteiger partial charge in [0.05, 0.1) is 40.5 Å². The van der Waals surface area contributed by atoms with E-state index in [4.69, 9.17) is 19.3 Å². The Morgan fingerprint density at radius 3 is 2.07 bits per heavy atom. The van der Waals surface area contributed by atoms with Crippen LogP contribution in [0.2, 0.25) is 0 Å². The molecule has 0 amide bonds. The first kappa shape index (κ1) is 27.5. The van der Waals surface area contributed by atoms with Crippen LogP contribution >= 0.6 is 0 Å². The summed E-state index contributed by atoms with van der Waals surface area (Å²) in [7, 11) is 6.58. The Labute approximate surface area is 237 Å². The number of pyridine rings is 1. The van der Waals surface area contributed by atoms with E-state index in [1.807, 2.05) is 60.7 Å². The Balaban J connectivity index is 1.54. The van der Waals surface area contributed by atoms with E-state index in [9.17, 15) is 9.59 Å². The normalized spacial score (nSPS) is 11.0. The maximum atomic E-state index is 13.3. The van der Waals surface area contributed by atoms with Gasteiger partial charge in [-0.15, -0.1) is 0 Å². The minimum absolute atomic E-state index is 0.0215. The number of aromatic nitrogens is 3. The zero-order valence-corrected chi connectivity index (χ0v) is 23.4. The third kappa shape index (κ3) is 5.65. The van der Waals surface area contributed by atoms with Gasteiger partial charge >= 0.3 is 5.97 Å². The molecule has 5 rings (SSSR count). The van der Waals surface area contributed by atoms with E-state index < -0.39 is 5.97 Å². The topological polar surface area (TPSA) is 105 Å².